The highest BCUT2D eigenvalue weighted by Crippen LogP contribution is 2.20. The first kappa shape index (κ1) is 18.9. The van der Waals surface area contributed by atoms with Crippen LogP contribution in [-0.4, -0.2) is 44.0 Å². The molecule has 1 amide bonds. The summed E-state index contributed by atoms with van der Waals surface area (Å²) in [6, 6.07) is 6.23. The van der Waals surface area contributed by atoms with Crippen molar-refractivity contribution in [3.63, 3.8) is 0 Å². The Labute approximate surface area is 143 Å². The number of carbonyl (C=O) groups excluding carboxylic acids is 1. The fraction of sp³-hybridized carbons (Fsp3) is 0.588. The van der Waals surface area contributed by atoms with Crippen LogP contribution in [0.4, 0.5) is 4.39 Å². The number of sulfonamides is 1. The molecule has 1 fully saturated rings. The van der Waals surface area contributed by atoms with Crippen molar-refractivity contribution >= 4 is 15.9 Å². The second-order valence-electron chi connectivity index (χ2n) is 6.16. The topological polar surface area (TPSA) is 66.5 Å². The highest BCUT2D eigenvalue weighted by molar-refractivity contribution is 7.89. The zero-order chi connectivity index (χ0) is 17.6. The summed E-state index contributed by atoms with van der Waals surface area (Å²) < 4.78 is 38.4. The first-order valence-corrected chi connectivity index (χ1v) is 10.0. The molecule has 0 saturated carbocycles. The lowest BCUT2D eigenvalue weighted by Crippen LogP contribution is -2.44. The van der Waals surface area contributed by atoms with Crippen molar-refractivity contribution in [3.8, 4) is 0 Å². The molecule has 0 unspecified atom stereocenters. The van der Waals surface area contributed by atoms with Crippen molar-refractivity contribution in [2.45, 2.75) is 32.6 Å². The number of nitrogens with zero attached hydrogens (tertiary/aromatic N) is 1. The van der Waals surface area contributed by atoms with Crippen LogP contribution < -0.4 is 5.32 Å². The van der Waals surface area contributed by atoms with Gasteiger partial charge in [-0.3, -0.25) is 4.79 Å². The van der Waals surface area contributed by atoms with Crippen molar-refractivity contribution in [1.82, 2.24) is 9.62 Å². The number of hydrogen-bond acceptors (Lipinski definition) is 3. The van der Waals surface area contributed by atoms with Gasteiger partial charge in [0.05, 0.1) is 5.75 Å². The number of carbonyl (C=O) groups is 1. The Morgan fingerprint density at radius 2 is 1.88 bits per heavy atom. The summed E-state index contributed by atoms with van der Waals surface area (Å²) in [4.78, 5) is 12.2. The third-order valence-electron chi connectivity index (χ3n) is 4.31. The van der Waals surface area contributed by atoms with Gasteiger partial charge in [0.25, 0.3) is 0 Å². The van der Waals surface area contributed by atoms with Gasteiger partial charge in [0.1, 0.15) is 5.82 Å². The van der Waals surface area contributed by atoms with Gasteiger partial charge in [0, 0.05) is 25.6 Å². The quantitative estimate of drug-likeness (QED) is 0.812. The maximum absolute atomic E-state index is 12.8. The molecule has 0 radical (unpaired) electrons. The minimum absolute atomic E-state index is 0.0235. The number of hydrogen-bond donors (Lipinski definition) is 1. The predicted octanol–water partition coefficient (Wildman–Crippen LogP) is 1.94. The zero-order valence-electron chi connectivity index (χ0n) is 14.0. The zero-order valence-corrected chi connectivity index (χ0v) is 14.8. The van der Waals surface area contributed by atoms with E-state index >= 15 is 0 Å². The normalized spacial score (nSPS) is 16.9. The summed E-state index contributed by atoms with van der Waals surface area (Å²) in [6.45, 7) is 3.18. The van der Waals surface area contributed by atoms with E-state index in [9.17, 15) is 17.6 Å². The standard InChI is InChI=1S/C17H25FN2O3S/c1-2-13-24(22,23)20-11-8-15(9-12-20)17(21)19-10-7-14-3-5-16(18)6-4-14/h3-6,15H,2,7-13H2,1H3,(H,19,21). The SMILES string of the molecule is CCCS(=O)(=O)N1CCC(C(=O)NCCc2ccc(F)cc2)CC1. The number of amides is 1. The maximum atomic E-state index is 12.8. The van der Waals surface area contributed by atoms with E-state index in [1.54, 1.807) is 12.1 Å². The second kappa shape index (κ2) is 8.58. The molecule has 0 atom stereocenters. The van der Waals surface area contributed by atoms with Gasteiger partial charge in [-0.1, -0.05) is 19.1 Å². The third-order valence-corrected chi connectivity index (χ3v) is 6.38. The van der Waals surface area contributed by atoms with Crippen LogP contribution in [0.2, 0.25) is 0 Å². The van der Waals surface area contributed by atoms with Crippen LogP contribution in [0, 0.1) is 11.7 Å². The van der Waals surface area contributed by atoms with Gasteiger partial charge in [-0.2, -0.15) is 0 Å². The van der Waals surface area contributed by atoms with Crippen LogP contribution in [0.3, 0.4) is 0 Å². The van der Waals surface area contributed by atoms with Gasteiger partial charge in [-0.05, 0) is 43.4 Å². The monoisotopic (exact) mass is 356 g/mol. The van der Waals surface area contributed by atoms with E-state index in [4.69, 9.17) is 0 Å². The fourth-order valence-electron chi connectivity index (χ4n) is 2.91. The number of nitrogens with one attached hydrogen (secondary N) is 1. The molecule has 2 rings (SSSR count). The molecule has 0 spiro atoms. The number of benzene rings is 1. The first-order chi connectivity index (χ1) is 11.4. The Hall–Kier alpha value is -1.47. The fourth-order valence-corrected chi connectivity index (χ4v) is 4.45. The van der Waals surface area contributed by atoms with Crippen molar-refractivity contribution in [2.75, 3.05) is 25.4 Å². The summed E-state index contributed by atoms with van der Waals surface area (Å²) in [5, 5.41) is 2.89. The minimum atomic E-state index is -3.17. The predicted molar refractivity (Wildman–Crippen MR) is 91.5 cm³/mol. The first-order valence-electron chi connectivity index (χ1n) is 8.42. The van der Waals surface area contributed by atoms with Gasteiger partial charge >= 0.3 is 0 Å². The van der Waals surface area contributed by atoms with Crippen LogP contribution in [0.15, 0.2) is 24.3 Å². The second-order valence-corrected chi connectivity index (χ2v) is 8.25. The maximum Gasteiger partial charge on any atom is 0.223 e. The molecule has 5 nitrogen and oxygen atoms in total. The molecule has 1 aromatic carbocycles. The Bertz CT molecular complexity index is 638. The molecule has 1 saturated heterocycles. The molecular weight excluding hydrogens is 331 g/mol. The summed E-state index contributed by atoms with van der Waals surface area (Å²) in [5.74, 6) is -0.259. The highest BCUT2D eigenvalue weighted by Gasteiger charge is 2.30. The molecule has 1 N–H and O–H groups in total. The number of rotatable bonds is 7. The molecule has 1 aromatic rings. The van der Waals surface area contributed by atoms with Gasteiger partial charge < -0.3 is 5.32 Å². The van der Waals surface area contributed by atoms with E-state index < -0.39 is 10.0 Å². The van der Waals surface area contributed by atoms with Crippen LogP contribution in [0.5, 0.6) is 0 Å². The number of piperidine rings is 1. The largest absolute Gasteiger partial charge is 0.356 e. The lowest BCUT2D eigenvalue weighted by atomic mass is 9.97. The van der Waals surface area contributed by atoms with Gasteiger partial charge in [0.15, 0.2) is 0 Å². The Kier molecular flexibility index (Phi) is 6.74. The molecule has 1 heterocycles. The van der Waals surface area contributed by atoms with Crippen LogP contribution in [0.25, 0.3) is 0 Å². The molecule has 24 heavy (non-hydrogen) atoms. The van der Waals surface area contributed by atoms with E-state index in [0.29, 0.717) is 45.3 Å². The Morgan fingerprint density at radius 1 is 1.25 bits per heavy atom. The van der Waals surface area contributed by atoms with Crippen LogP contribution in [-0.2, 0) is 21.2 Å². The molecule has 0 aliphatic carbocycles. The van der Waals surface area contributed by atoms with E-state index in [1.165, 1.54) is 16.4 Å². The van der Waals surface area contributed by atoms with Crippen LogP contribution in [0.1, 0.15) is 31.7 Å². The van der Waals surface area contributed by atoms with E-state index in [0.717, 1.165) is 5.56 Å². The third kappa shape index (κ3) is 5.27. The average molecular weight is 356 g/mol. The summed E-state index contributed by atoms with van der Waals surface area (Å²) in [7, 11) is -3.17. The lowest BCUT2D eigenvalue weighted by molar-refractivity contribution is -0.126. The van der Waals surface area contributed by atoms with E-state index in [1.807, 2.05) is 6.92 Å². The summed E-state index contributed by atoms with van der Waals surface area (Å²) >= 11 is 0. The molecule has 1 aliphatic heterocycles. The van der Waals surface area contributed by atoms with Gasteiger partial charge in [0.2, 0.25) is 15.9 Å². The van der Waals surface area contributed by atoms with E-state index in [2.05, 4.69) is 5.32 Å². The van der Waals surface area contributed by atoms with Gasteiger partial charge in [-0.15, -0.1) is 0 Å². The summed E-state index contributed by atoms with van der Waals surface area (Å²) in [5.41, 5.74) is 0.970. The summed E-state index contributed by atoms with van der Waals surface area (Å²) in [6.07, 6.45) is 2.37. The van der Waals surface area contributed by atoms with Crippen LogP contribution >= 0.6 is 0 Å². The lowest BCUT2D eigenvalue weighted by Gasteiger charge is -2.30. The van der Waals surface area contributed by atoms with E-state index in [-0.39, 0.29) is 23.4 Å². The molecular formula is C17H25FN2O3S. The van der Waals surface area contributed by atoms with Crippen molar-refractivity contribution < 1.29 is 17.6 Å². The minimum Gasteiger partial charge on any atom is -0.356 e. The average Bonchev–Trinajstić information content (AvgIpc) is 2.56. The van der Waals surface area contributed by atoms with Gasteiger partial charge in [-0.25, -0.2) is 17.1 Å². The Balaban J connectivity index is 1.73. The number of halogens is 1. The highest BCUT2D eigenvalue weighted by atomic mass is 32.2. The molecule has 7 heteroatoms. The Morgan fingerprint density at radius 3 is 2.46 bits per heavy atom. The van der Waals surface area contributed by atoms with Crippen molar-refractivity contribution in [3.05, 3.63) is 35.6 Å². The molecule has 134 valence electrons. The van der Waals surface area contributed by atoms with Crippen molar-refractivity contribution in [1.29, 1.82) is 0 Å². The smallest absolute Gasteiger partial charge is 0.223 e. The molecule has 0 bridgehead atoms. The molecule has 0 aromatic heterocycles. The van der Waals surface area contributed by atoms with Crippen molar-refractivity contribution in [2.24, 2.45) is 5.92 Å². The molecule has 1 aliphatic rings.